The maximum Gasteiger partial charge on any atom is 0.315 e. The van der Waals surface area contributed by atoms with Crippen LogP contribution in [-0.4, -0.2) is 58.5 Å². The number of nitrogens with one attached hydrogen (secondary N) is 2. The summed E-state index contributed by atoms with van der Waals surface area (Å²) < 4.78 is 15.7. The van der Waals surface area contributed by atoms with Crippen molar-refractivity contribution in [3.05, 3.63) is 18.2 Å². The lowest BCUT2D eigenvalue weighted by Gasteiger charge is -2.19. The largest absolute Gasteiger partial charge is 0.493 e. The molecule has 1 aromatic rings. The van der Waals surface area contributed by atoms with Crippen LogP contribution in [0.5, 0.6) is 11.5 Å². The van der Waals surface area contributed by atoms with Crippen LogP contribution >= 0.6 is 0 Å². The highest BCUT2D eigenvalue weighted by Crippen LogP contribution is 2.33. The molecule has 144 valence electrons. The van der Waals surface area contributed by atoms with Crippen LogP contribution < -0.4 is 25.0 Å². The van der Waals surface area contributed by atoms with Crippen LogP contribution in [0.15, 0.2) is 18.2 Å². The number of ether oxygens (including phenoxy) is 3. The van der Waals surface area contributed by atoms with E-state index in [1.807, 2.05) is 6.92 Å². The van der Waals surface area contributed by atoms with Crippen molar-refractivity contribution in [2.75, 3.05) is 45.4 Å². The van der Waals surface area contributed by atoms with E-state index in [1.54, 1.807) is 37.3 Å². The van der Waals surface area contributed by atoms with Crippen molar-refractivity contribution in [2.24, 2.45) is 0 Å². The molecule has 0 spiro atoms. The van der Waals surface area contributed by atoms with Gasteiger partial charge in [0.2, 0.25) is 5.91 Å². The number of urea groups is 1. The highest BCUT2D eigenvalue weighted by Gasteiger charge is 2.32. The van der Waals surface area contributed by atoms with E-state index in [0.29, 0.717) is 43.5 Å². The van der Waals surface area contributed by atoms with Gasteiger partial charge < -0.3 is 29.7 Å². The quantitative estimate of drug-likeness (QED) is 0.648. The van der Waals surface area contributed by atoms with Gasteiger partial charge in [-0.1, -0.05) is 0 Å². The Morgan fingerprint density at radius 1 is 1.27 bits per heavy atom. The lowest BCUT2D eigenvalue weighted by atomic mass is 10.2. The Hall–Kier alpha value is -2.48. The number of hydrogen-bond acceptors (Lipinski definition) is 5. The van der Waals surface area contributed by atoms with Gasteiger partial charge in [-0.25, -0.2) is 4.79 Å². The minimum atomic E-state index is -0.270. The van der Waals surface area contributed by atoms with Gasteiger partial charge in [0.1, 0.15) is 0 Å². The first-order valence-corrected chi connectivity index (χ1v) is 8.73. The zero-order valence-electron chi connectivity index (χ0n) is 15.5. The third-order valence-electron chi connectivity index (χ3n) is 4.09. The molecule has 26 heavy (non-hydrogen) atoms. The van der Waals surface area contributed by atoms with Gasteiger partial charge in [0.25, 0.3) is 0 Å². The second-order valence-corrected chi connectivity index (χ2v) is 5.90. The highest BCUT2D eigenvalue weighted by atomic mass is 16.5. The van der Waals surface area contributed by atoms with Crippen molar-refractivity contribution in [2.45, 2.75) is 25.8 Å². The molecule has 1 aliphatic heterocycles. The molecule has 1 saturated heterocycles. The van der Waals surface area contributed by atoms with Crippen LogP contribution in [0, 0.1) is 0 Å². The zero-order valence-corrected chi connectivity index (χ0v) is 15.5. The van der Waals surface area contributed by atoms with Crippen LogP contribution in [0.1, 0.15) is 19.8 Å². The third-order valence-corrected chi connectivity index (χ3v) is 4.09. The van der Waals surface area contributed by atoms with E-state index in [4.69, 9.17) is 14.2 Å². The standard InChI is InChI=1S/C18H27N3O5/c1-4-26-9-5-8-19-18(23)20-13-10-17(22)21(12-13)14-6-7-15(24-2)16(11-14)25-3/h6-7,11,13H,4-5,8-10,12H2,1-3H3,(H2,19,20,23). The van der Waals surface area contributed by atoms with E-state index in [-0.39, 0.29) is 24.4 Å². The van der Waals surface area contributed by atoms with Gasteiger partial charge in [0.15, 0.2) is 11.5 Å². The molecule has 1 heterocycles. The normalized spacial score (nSPS) is 16.5. The summed E-state index contributed by atoms with van der Waals surface area (Å²) in [6.07, 6.45) is 1.02. The molecule has 1 aliphatic rings. The van der Waals surface area contributed by atoms with E-state index >= 15 is 0 Å². The predicted octanol–water partition coefficient (Wildman–Crippen LogP) is 1.53. The molecule has 8 nitrogen and oxygen atoms in total. The van der Waals surface area contributed by atoms with Gasteiger partial charge in [-0.05, 0) is 25.5 Å². The molecule has 1 fully saturated rings. The molecule has 1 unspecified atom stereocenters. The number of carbonyl (C=O) groups is 2. The summed E-state index contributed by atoms with van der Waals surface area (Å²) in [4.78, 5) is 25.9. The Morgan fingerprint density at radius 2 is 2.04 bits per heavy atom. The van der Waals surface area contributed by atoms with Crippen LogP contribution in [0.3, 0.4) is 0 Å². The van der Waals surface area contributed by atoms with Gasteiger partial charge in [-0.3, -0.25) is 4.79 Å². The molecule has 1 atom stereocenters. The number of amides is 3. The second kappa shape index (κ2) is 9.86. The van der Waals surface area contributed by atoms with E-state index in [0.717, 1.165) is 6.42 Å². The average Bonchev–Trinajstić information content (AvgIpc) is 3.00. The number of nitrogens with zero attached hydrogens (tertiary/aromatic N) is 1. The SMILES string of the molecule is CCOCCCNC(=O)NC1CC(=O)N(c2ccc(OC)c(OC)c2)C1. The molecular weight excluding hydrogens is 338 g/mol. The number of rotatable bonds is 9. The molecule has 8 heteroatoms. The second-order valence-electron chi connectivity index (χ2n) is 5.90. The minimum absolute atomic E-state index is 0.0427. The van der Waals surface area contributed by atoms with E-state index < -0.39 is 0 Å². The smallest absolute Gasteiger partial charge is 0.315 e. The summed E-state index contributed by atoms with van der Waals surface area (Å²) in [6.45, 7) is 4.17. The highest BCUT2D eigenvalue weighted by molar-refractivity contribution is 5.97. The maximum atomic E-state index is 12.3. The van der Waals surface area contributed by atoms with Gasteiger partial charge in [-0.15, -0.1) is 0 Å². The Morgan fingerprint density at radius 3 is 2.73 bits per heavy atom. The summed E-state index contributed by atoms with van der Waals surface area (Å²) in [5, 5.41) is 5.62. The fourth-order valence-corrected chi connectivity index (χ4v) is 2.80. The molecular formula is C18H27N3O5. The molecule has 0 saturated carbocycles. The summed E-state index contributed by atoms with van der Waals surface area (Å²) in [5.74, 6) is 1.11. The summed E-state index contributed by atoms with van der Waals surface area (Å²) >= 11 is 0. The third kappa shape index (κ3) is 5.26. The Bertz CT molecular complexity index is 623. The van der Waals surface area contributed by atoms with Gasteiger partial charge in [-0.2, -0.15) is 0 Å². The number of methoxy groups -OCH3 is 2. The summed E-state index contributed by atoms with van der Waals surface area (Å²) in [6, 6.07) is 4.81. The monoisotopic (exact) mass is 365 g/mol. The Labute approximate surface area is 153 Å². The Kier molecular flexibility index (Phi) is 7.53. The maximum absolute atomic E-state index is 12.3. The number of benzene rings is 1. The van der Waals surface area contributed by atoms with E-state index in [1.165, 1.54) is 0 Å². The lowest BCUT2D eigenvalue weighted by molar-refractivity contribution is -0.117. The van der Waals surface area contributed by atoms with Crippen molar-refractivity contribution >= 4 is 17.6 Å². The molecule has 2 rings (SSSR count). The Balaban J connectivity index is 1.87. The fourth-order valence-electron chi connectivity index (χ4n) is 2.80. The van der Waals surface area contributed by atoms with Crippen molar-refractivity contribution in [1.29, 1.82) is 0 Å². The van der Waals surface area contributed by atoms with Crippen LogP contribution in [0.2, 0.25) is 0 Å². The molecule has 1 aromatic carbocycles. The van der Waals surface area contributed by atoms with Crippen molar-refractivity contribution in [3.8, 4) is 11.5 Å². The van der Waals surface area contributed by atoms with Gasteiger partial charge >= 0.3 is 6.03 Å². The first kappa shape index (κ1) is 19.8. The number of hydrogen-bond donors (Lipinski definition) is 2. The van der Waals surface area contributed by atoms with Crippen LogP contribution in [-0.2, 0) is 9.53 Å². The predicted molar refractivity (Wildman–Crippen MR) is 97.9 cm³/mol. The molecule has 0 aliphatic carbocycles. The van der Waals surface area contributed by atoms with Gasteiger partial charge in [0.05, 0.1) is 20.3 Å². The van der Waals surface area contributed by atoms with Crippen molar-refractivity contribution in [1.82, 2.24) is 10.6 Å². The van der Waals surface area contributed by atoms with Crippen LogP contribution in [0.25, 0.3) is 0 Å². The van der Waals surface area contributed by atoms with Crippen LogP contribution in [0.4, 0.5) is 10.5 Å². The fraction of sp³-hybridized carbons (Fsp3) is 0.556. The van der Waals surface area contributed by atoms with Gasteiger partial charge in [0, 0.05) is 44.5 Å². The molecule has 0 aromatic heterocycles. The molecule has 2 N–H and O–H groups in total. The van der Waals surface area contributed by atoms with Crippen molar-refractivity contribution < 1.29 is 23.8 Å². The zero-order chi connectivity index (χ0) is 18.9. The van der Waals surface area contributed by atoms with Crippen molar-refractivity contribution in [3.63, 3.8) is 0 Å². The molecule has 0 bridgehead atoms. The average molecular weight is 365 g/mol. The minimum Gasteiger partial charge on any atom is -0.493 e. The summed E-state index contributed by atoms with van der Waals surface area (Å²) in [5.41, 5.74) is 0.717. The summed E-state index contributed by atoms with van der Waals surface area (Å²) in [7, 11) is 3.11. The first-order chi connectivity index (χ1) is 12.6. The molecule has 0 radical (unpaired) electrons. The molecule has 3 amide bonds. The first-order valence-electron chi connectivity index (χ1n) is 8.73. The number of carbonyl (C=O) groups excluding carboxylic acids is 2. The van der Waals surface area contributed by atoms with E-state index in [9.17, 15) is 9.59 Å². The topological polar surface area (TPSA) is 89.1 Å². The van der Waals surface area contributed by atoms with E-state index in [2.05, 4.69) is 10.6 Å². The lowest BCUT2D eigenvalue weighted by Crippen LogP contribution is -2.43. The number of anilines is 1.